The van der Waals surface area contributed by atoms with E-state index in [-0.39, 0.29) is 0 Å². The minimum absolute atomic E-state index is 0.313. The Morgan fingerprint density at radius 3 is 2.74 bits per heavy atom. The molecule has 1 fully saturated rings. The van der Waals surface area contributed by atoms with Crippen molar-refractivity contribution in [1.82, 2.24) is 19.5 Å². The second-order valence-electron chi connectivity index (χ2n) is 5.09. The summed E-state index contributed by atoms with van der Waals surface area (Å²) >= 11 is 9.70. The number of hydrogen-bond acceptors (Lipinski definition) is 3. The third-order valence-corrected chi connectivity index (χ3v) is 4.54. The summed E-state index contributed by atoms with van der Waals surface area (Å²) in [6.07, 6.45) is 5.94. The van der Waals surface area contributed by atoms with Crippen molar-refractivity contribution in [1.29, 1.82) is 0 Å². The Bertz CT molecular complexity index is 619. The first-order valence-electron chi connectivity index (χ1n) is 6.33. The number of aromatic nitrogens is 4. The van der Waals surface area contributed by atoms with Gasteiger partial charge in [0.05, 0.1) is 22.7 Å². The van der Waals surface area contributed by atoms with Gasteiger partial charge in [-0.2, -0.15) is 0 Å². The quantitative estimate of drug-likeness (QED) is 0.785. The molecular weight excluding hydrogens is 328 g/mol. The first-order chi connectivity index (χ1) is 9.08. The average molecular weight is 342 g/mol. The molecule has 2 aromatic rings. The molecule has 0 bridgehead atoms. The van der Waals surface area contributed by atoms with E-state index in [4.69, 9.17) is 11.6 Å². The van der Waals surface area contributed by atoms with Crippen molar-refractivity contribution < 1.29 is 0 Å². The highest BCUT2D eigenvalue weighted by atomic mass is 79.9. The van der Waals surface area contributed by atoms with Crippen molar-refractivity contribution in [2.75, 3.05) is 0 Å². The molecule has 3 rings (SSSR count). The van der Waals surface area contributed by atoms with Crippen LogP contribution in [0.1, 0.15) is 44.3 Å². The van der Waals surface area contributed by atoms with Gasteiger partial charge in [0.1, 0.15) is 10.8 Å². The van der Waals surface area contributed by atoms with Crippen LogP contribution in [0.5, 0.6) is 0 Å². The van der Waals surface area contributed by atoms with Gasteiger partial charge in [0, 0.05) is 12.0 Å². The molecule has 0 aromatic carbocycles. The normalized spacial score (nSPS) is 15.2. The van der Waals surface area contributed by atoms with Crippen LogP contribution in [0, 0.1) is 0 Å². The second-order valence-corrected chi connectivity index (χ2v) is 6.24. The molecule has 0 aliphatic heterocycles. The maximum Gasteiger partial charge on any atom is 0.179 e. The van der Waals surface area contributed by atoms with Gasteiger partial charge in [0.15, 0.2) is 5.82 Å². The van der Waals surface area contributed by atoms with Crippen LogP contribution in [-0.4, -0.2) is 19.5 Å². The molecular formula is C13H14BrClN4. The molecule has 1 aliphatic carbocycles. The molecule has 4 nitrogen and oxygen atoms in total. The summed E-state index contributed by atoms with van der Waals surface area (Å²) in [4.78, 5) is 13.2. The summed E-state index contributed by atoms with van der Waals surface area (Å²) in [6.45, 7) is 4.21. The lowest BCUT2D eigenvalue weighted by molar-refractivity contribution is 0.603. The van der Waals surface area contributed by atoms with Crippen LogP contribution in [0.2, 0.25) is 5.15 Å². The van der Waals surface area contributed by atoms with Crippen LogP contribution in [0.3, 0.4) is 0 Å². The lowest BCUT2D eigenvalue weighted by Crippen LogP contribution is -2.05. The molecule has 0 unspecified atom stereocenters. The van der Waals surface area contributed by atoms with Gasteiger partial charge in [-0.15, -0.1) is 0 Å². The molecule has 2 aromatic heterocycles. The molecule has 2 heterocycles. The van der Waals surface area contributed by atoms with E-state index in [1.807, 2.05) is 0 Å². The Morgan fingerprint density at radius 2 is 2.11 bits per heavy atom. The Kier molecular flexibility index (Phi) is 3.35. The van der Waals surface area contributed by atoms with Gasteiger partial charge in [-0.1, -0.05) is 11.6 Å². The highest BCUT2D eigenvalue weighted by Gasteiger charge is 2.29. The number of hydrogen-bond donors (Lipinski definition) is 0. The Balaban J connectivity index is 2.12. The SMILES string of the molecule is CC(C)n1cncc1-c1nc(Cl)c(Br)c(C2CC2)n1. The summed E-state index contributed by atoms with van der Waals surface area (Å²) in [5.41, 5.74) is 1.93. The predicted molar refractivity (Wildman–Crippen MR) is 78.3 cm³/mol. The van der Waals surface area contributed by atoms with Crippen LogP contribution >= 0.6 is 27.5 Å². The molecule has 100 valence electrons. The van der Waals surface area contributed by atoms with E-state index in [9.17, 15) is 0 Å². The minimum Gasteiger partial charge on any atom is -0.325 e. The highest BCUT2D eigenvalue weighted by molar-refractivity contribution is 9.10. The molecule has 0 atom stereocenters. The van der Waals surface area contributed by atoms with Crippen LogP contribution in [0.4, 0.5) is 0 Å². The van der Waals surface area contributed by atoms with Crippen LogP contribution in [0.15, 0.2) is 17.0 Å². The molecule has 6 heteroatoms. The maximum atomic E-state index is 6.21. The van der Waals surface area contributed by atoms with Crippen molar-refractivity contribution in [2.24, 2.45) is 0 Å². The highest BCUT2D eigenvalue weighted by Crippen LogP contribution is 2.44. The third-order valence-electron chi connectivity index (χ3n) is 3.25. The molecule has 0 spiro atoms. The monoisotopic (exact) mass is 340 g/mol. The summed E-state index contributed by atoms with van der Waals surface area (Å²) in [6, 6.07) is 0.313. The Labute approximate surface area is 125 Å². The van der Waals surface area contributed by atoms with Gasteiger partial charge in [-0.25, -0.2) is 15.0 Å². The summed E-state index contributed by atoms with van der Waals surface area (Å²) in [5, 5.41) is 0.475. The van der Waals surface area contributed by atoms with Crippen LogP contribution in [0.25, 0.3) is 11.5 Å². The zero-order valence-electron chi connectivity index (χ0n) is 10.8. The van der Waals surface area contributed by atoms with Gasteiger partial charge < -0.3 is 4.57 Å². The van der Waals surface area contributed by atoms with Crippen molar-refractivity contribution in [3.8, 4) is 11.5 Å². The molecule has 0 radical (unpaired) electrons. The lowest BCUT2D eigenvalue weighted by Gasteiger charge is -2.12. The predicted octanol–water partition coefficient (Wildman–Crippen LogP) is 4.21. The van der Waals surface area contributed by atoms with Crippen LogP contribution < -0.4 is 0 Å². The van der Waals surface area contributed by atoms with E-state index in [1.54, 1.807) is 12.5 Å². The minimum atomic E-state index is 0.313. The number of rotatable bonds is 3. The van der Waals surface area contributed by atoms with Gasteiger partial charge in [0.2, 0.25) is 0 Å². The molecule has 0 amide bonds. The number of halogens is 2. The average Bonchev–Trinajstić information content (AvgIpc) is 3.08. The van der Waals surface area contributed by atoms with E-state index >= 15 is 0 Å². The fourth-order valence-electron chi connectivity index (χ4n) is 2.07. The summed E-state index contributed by atoms with van der Waals surface area (Å²) in [5.74, 6) is 1.17. The van der Waals surface area contributed by atoms with Gasteiger partial charge in [-0.05, 0) is 42.6 Å². The van der Waals surface area contributed by atoms with E-state index in [0.717, 1.165) is 15.9 Å². The van der Waals surface area contributed by atoms with Gasteiger partial charge in [0.25, 0.3) is 0 Å². The van der Waals surface area contributed by atoms with Gasteiger partial charge >= 0.3 is 0 Å². The fourth-order valence-corrected chi connectivity index (χ4v) is 2.74. The Hall–Kier alpha value is -0.940. The van der Waals surface area contributed by atoms with Crippen molar-refractivity contribution in [2.45, 2.75) is 38.6 Å². The molecule has 0 saturated heterocycles. The first kappa shape index (κ1) is 13.1. The van der Waals surface area contributed by atoms with Crippen LogP contribution in [-0.2, 0) is 0 Å². The maximum absolute atomic E-state index is 6.21. The smallest absolute Gasteiger partial charge is 0.179 e. The second kappa shape index (κ2) is 4.87. The van der Waals surface area contributed by atoms with E-state index in [0.29, 0.717) is 22.9 Å². The third kappa shape index (κ3) is 2.41. The van der Waals surface area contributed by atoms with E-state index in [1.165, 1.54) is 12.8 Å². The number of imidazole rings is 1. The van der Waals surface area contributed by atoms with E-state index < -0.39 is 0 Å². The number of nitrogens with zero attached hydrogens (tertiary/aromatic N) is 4. The molecule has 0 N–H and O–H groups in total. The topological polar surface area (TPSA) is 43.6 Å². The van der Waals surface area contributed by atoms with E-state index in [2.05, 4.69) is 49.3 Å². The largest absolute Gasteiger partial charge is 0.325 e. The Morgan fingerprint density at radius 1 is 1.37 bits per heavy atom. The molecule has 19 heavy (non-hydrogen) atoms. The lowest BCUT2D eigenvalue weighted by atomic mass is 10.2. The zero-order chi connectivity index (χ0) is 13.6. The standard InChI is InChI=1S/C13H14BrClN4/c1-7(2)19-6-16-5-9(19)13-17-11(8-3-4-8)10(14)12(15)18-13/h5-8H,3-4H2,1-2H3. The molecule has 1 saturated carbocycles. The first-order valence-corrected chi connectivity index (χ1v) is 7.50. The summed E-state index contributed by atoms with van der Waals surface area (Å²) in [7, 11) is 0. The van der Waals surface area contributed by atoms with Gasteiger partial charge in [-0.3, -0.25) is 0 Å². The molecule has 1 aliphatic rings. The zero-order valence-corrected chi connectivity index (χ0v) is 13.1. The summed E-state index contributed by atoms with van der Waals surface area (Å²) < 4.78 is 2.88. The van der Waals surface area contributed by atoms with Crippen molar-refractivity contribution in [3.63, 3.8) is 0 Å². The van der Waals surface area contributed by atoms with Crippen molar-refractivity contribution in [3.05, 3.63) is 27.8 Å². The fraction of sp³-hybridized carbons (Fsp3) is 0.462. The van der Waals surface area contributed by atoms with Crippen molar-refractivity contribution >= 4 is 27.5 Å².